The van der Waals surface area contributed by atoms with Gasteiger partial charge in [0.1, 0.15) is 12.1 Å². The molecule has 0 aromatic carbocycles. The fourth-order valence-electron chi connectivity index (χ4n) is 3.19. The number of hydrogen-bond acceptors (Lipinski definition) is 5. The lowest BCUT2D eigenvalue weighted by Crippen LogP contribution is -2.55. The van der Waals surface area contributed by atoms with Crippen LogP contribution in [0.1, 0.15) is 39.5 Å². The molecule has 1 amide bonds. The van der Waals surface area contributed by atoms with E-state index in [0.717, 1.165) is 38.8 Å². The summed E-state index contributed by atoms with van der Waals surface area (Å²) in [5, 5.41) is 0. The van der Waals surface area contributed by atoms with Crippen molar-refractivity contribution in [3.63, 3.8) is 0 Å². The van der Waals surface area contributed by atoms with Crippen LogP contribution in [0.3, 0.4) is 0 Å². The Morgan fingerprint density at radius 3 is 2.50 bits per heavy atom. The van der Waals surface area contributed by atoms with Gasteiger partial charge in [0.15, 0.2) is 0 Å². The van der Waals surface area contributed by atoms with Crippen molar-refractivity contribution in [3.05, 3.63) is 0 Å². The molecule has 126 valence electrons. The van der Waals surface area contributed by atoms with Crippen LogP contribution < -0.4 is 0 Å². The van der Waals surface area contributed by atoms with Crippen molar-refractivity contribution < 1.29 is 19.1 Å². The highest BCUT2D eigenvalue weighted by Gasteiger charge is 2.33. The van der Waals surface area contributed by atoms with Gasteiger partial charge in [0.25, 0.3) is 5.91 Å². The summed E-state index contributed by atoms with van der Waals surface area (Å²) in [7, 11) is 0. The molecule has 0 aromatic heterocycles. The van der Waals surface area contributed by atoms with Gasteiger partial charge in [-0.25, -0.2) is 0 Å². The molecule has 2 heterocycles. The monoisotopic (exact) mass is 312 g/mol. The van der Waals surface area contributed by atoms with Gasteiger partial charge in [-0.15, -0.1) is 0 Å². The van der Waals surface area contributed by atoms with Crippen LogP contribution >= 0.6 is 0 Å². The van der Waals surface area contributed by atoms with E-state index in [0.29, 0.717) is 26.3 Å². The normalized spacial score (nSPS) is 24.3. The fourth-order valence-corrected chi connectivity index (χ4v) is 3.19. The first-order chi connectivity index (χ1) is 10.7. The third-order valence-electron chi connectivity index (χ3n) is 4.39. The molecule has 2 atom stereocenters. The Hall–Kier alpha value is -1.14. The Balaban J connectivity index is 1.86. The van der Waals surface area contributed by atoms with Gasteiger partial charge in [0.2, 0.25) is 0 Å². The highest BCUT2D eigenvalue weighted by atomic mass is 16.5. The van der Waals surface area contributed by atoms with Crippen molar-refractivity contribution in [2.75, 3.05) is 39.4 Å². The standard InChI is InChI=1S/C16H28N2O4/c1-3-6-13(16(20)21-4-2)17-8-10-18(11-9-17)15(19)14-7-5-12-22-14/h13-14H,3-12H2,1-2H3/t13-,14-/m1/s1. The fraction of sp³-hybridized carbons (Fsp3) is 0.875. The number of ether oxygens (including phenoxy) is 2. The van der Waals surface area contributed by atoms with E-state index >= 15 is 0 Å². The zero-order valence-corrected chi connectivity index (χ0v) is 13.8. The lowest BCUT2D eigenvalue weighted by Gasteiger charge is -2.38. The molecule has 0 saturated carbocycles. The number of rotatable bonds is 6. The molecule has 0 aliphatic carbocycles. The number of piperazine rings is 1. The summed E-state index contributed by atoms with van der Waals surface area (Å²) in [6, 6.07) is -0.176. The predicted molar refractivity (Wildman–Crippen MR) is 82.5 cm³/mol. The highest BCUT2D eigenvalue weighted by molar-refractivity contribution is 5.81. The minimum absolute atomic E-state index is 0.111. The van der Waals surface area contributed by atoms with Gasteiger partial charge in [-0.3, -0.25) is 14.5 Å². The van der Waals surface area contributed by atoms with Gasteiger partial charge in [0.05, 0.1) is 6.61 Å². The van der Waals surface area contributed by atoms with Gasteiger partial charge < -0.3 is 14.4 Å². The summed E-state index contributed by atoms with van der Waals surface area (Å²) in [5.74, 6) is -0.0245. The molecule has 2 rings (SSSR count). The van der Waals surface area contributed by atoms with Crippen molar-refractivity contribution in [2.45, 2.75) is 51.7 Å². The van der Waals surface area contributed by atoms with E-state index in [2.05, 4.69) is 11.8 Å². The summed E-state index contributed by atoms with van der Waals surface area (Å²) in [4.78, 5) is 28.5. The van der Waals surface area contributed by atoms with Crippen LogP contribution in [-0.2, 0) is 19.1 Å². The number of nitrogens with zero attached hydrogens (tertiary/aromatic N) is 2. The Morgan fingerprint density at radius 2 is 1.95 bits per heavy atom. The SMILES string of the molecule is CCC[C@H](C(=O)OCC)N1CCN(C(=O)[C@H]2CCCO2)CC1. The second-order valence-corrected chi connectivity index (χ2v) is 5.92. The van der Waals surface area contributed by atoms with E-state index in [1.807, 2.05) is 11.8 Å². The molecule has 2 fully saturated rings. The van der Waals surface area contributed by atoms with Gasteiger partial charge >= 0.3 is 5.97 Å². The van der Waals surface area contributed by atoms with Crippen LogP contribution in [0.15, 0.2) is 0 Å². The van der Waals surface area contributed by atoms with E-state index in [1.165, 1.54) is 0 Å². The van der Waals surface area contributed by atoms with Gasteiger partial charge in [-0.05, 0) is 26.2 Å². The van der Waals surface area contributed by atoms with Gasteiger partial charge in [0, 0.05) is 32.8 Å². The Bertz CT molecular complexity index is 374. The average molecular weight is 312 g/mol. The van der Waals surface area contributed by atoms with Crippen molar-refractivity contribution in [2.24, 2.45) is 0 Å². The van der Waals surface area contributed by atoms with Crippen molar-refractivity contribution in [1.82, 2.24) is 9.80 Å². The molecule has 0 N–H and O–H groups in total. The van der Waals surface area contributed by atoms with E-state index in [9.17, 15) is 9.59 Å². The smallest absolute Gasteiger partial charge is 0.323 e. The molecule has 0 aromatic rings. The zero-order valence-electron chi connectivity index (χ0n) is 13.8. The first-order valence-corrected chi connectivity index (χ1v) is 8.48. The molecule has 2 aliphatic heterocycles. The van der Waals surface area contributed by atoms with Gasteiger partial charge in [-0.2, -0.15) is 0 Å². The van der Waals surface area contributed by atoms with E-state index in [-0.39, 0.29) is 24.0 Å². The number of amides is 1. The molecule has 0 bridgehead atoms. The maximum Gasteiger partial charge on any atom is 0.323 e. The molecule has 6 nitrogen and oxygen atoms in total. The lowest BCUT2D eigenvalue weighted by molar-refractivity contribution is -0.152. The van der Waals surface area contributed by atoms with Crippen molar-refractivity contribution in [3.8, 4) is 0 Å². The molecular formula is C16H28N2O4. The number of esters is 1. The van der Waals surface area contributed by atoms with Crippen LogP contribution in [0.4, 0.5) is 0 Å². The Labute approximate surface area is 132 Å². The maximum absolute atomic E-state index is 12.3. The first kappa shape index (κ1) is 17.2. The maximum atomic E-state index is 12.3. The quantitative estimate of drug-likeness (QED) is 0.686. The third kappa shape index (κ3) is 4.20. The second kappa shape index (κ2) is 8.48. The van der Waals surface area contributed by atoms with E-state index < -0.39 is 0 Å². The lowest BCUT2D eigenvalue weighted by atomic mass is 10.1. The largest absolute Gasteiger partial charge is 0.465 e. The van der Waals surface area contributed by atoms with Crippen LogP contribution in [0.2, 0.25) is 0 Å². The predicted octanol–water partition coefficient (Wildman–Crippen LogP) is 1.04. The summed E-state index contributed by atoms with van der Waals surface area (Å²) in [6.07, 6.45) is 3.30. The van der Waals surface area contributed by atoms with E-state index in [1.54, 1.807) is 0 Å². The summed E-state index contributed by atoms with van der Waals surface area (Å²) in [6.45, 7) is 7.79. The zero-order chi connectivity index (χ0) is 15.9. The average Bonchev–Trinajstić information content (AvgIpc) is 3.07. The van der Waals surface area contributed by atoms with Gasteiger partial charge in [-0.1, -0.05) is 13.3 Å². The minimum Gasteiger partial charge on any atom is -0.465 e. The molecule has 22 heavy (non-hydrogen) atoms. The Kier molecular flexibility index (Phi) is 6.64. The minimum atomic E-state index is -0.247. The molecule has 0 spiro atoms. The van der Waals surface area contributed by atoms with Crippen LogP contribution in [-0.4, -0.2) is 73.2 Å². The summed E-state index contributed by atoms with van der Waals surface area (Å²) >= 11 is 0. The number of hydrogen-bond donors (Lipinski definition) is 0. The first-order valence-electron chi connectivity index (χ1n) is 8.48. The highest BCUT2D eigenvalue weighted by Crippen LogP contribution is 2.18. The molecule has 2 aliphatic rings. The number of carbonyl (C=O) groups excluding carboxylic acids is 2. The summed E-state index contributed by atoms with van der Waals surface area (Å²) < 4.78 is 10.7. The van der Waals surface area contributed by atoms with Crippen LogP contribution in [0.5, 0.6) is 0 Å². The third-order valence-corrected chi connectivity index (χ3v) is 4.39. The van der Waals surface area contributed by atoms with Crippen LogP contribution in [0, 0.1) is 0 Å². The van der Waals surface area contributed by atoms with Crippen LogP contribution in [0.25, 0.3) is 0 Å². The topological polar surface area (TPSA) is 59.1 Å². The molecule has 0 unspecified atom stereocenters. The molecule has 2 saturated heterocycles. The molecule has 6 heteroatoms. The number of carbonyl (C=O) groups is 2. The second-order valence-electron chi connectivity index (χ2n) is 5.92. The summed E-state index contributed by atoms with van der Waals surface area (Å²) in [5.41, 5.74) is 0. The van der Waals surface area contributed by atoms with Crippen molar-refractivity contribution >= 4 is 11.9 Å². The van der Waals surface area contributed by atoms with Crippen molar-refractivity contribution in [1.29, 1.82) is 0 Å². The molecule has 0 radical (unpaired) electrons. The van der Waals surface area contributed by atoms with E-state index in [4.69, 9.17) is 9.47 Å². The Morgan fingerprint density at radius 1 is 1.23 bits per heavy atom. The molecular weight excluding hydrogens is 284 g/mol.